The number of benzene rings is 1. The molecule has 1 aromatic carbocycles. The SMILES string of the molecule is Nc1cc(C(=O)O)cnc1OCc1ccccc1Br. The van der Waals surface area contributed by atoms with Gasteiger partial charge in [0, 0.05) is 16.2 Å². The number of anilines is 1. The van der Waals surface area contributed by atoms with Gasteiger partial charge in [-0.15, -0.1) is 0 Å². The average Bonchev–Trinajstić information content (AvgIpc) is 2.39. The summed E-state index contributed by atoms with van der Waals surface area (Å²) >= 11 is 3.41. The lowest BCUT2D eigenvalue weighted by Gasteiger charge is -2.09. The topological polar surface area (TPSA) is 85.4 Å². The molecule has 0 radical (unpaired) electrons. The van der Waals surface area contributed by atoms with Crippen LogP contribution in [-0.4, -0.2) is 16.1 Å². The fourth-order valence-electron chi connectivity index (χ4n) is 1.47. The molecule has 0 aliphatic rings. The highest BCUT2D eigenvalue weighted by Gasteiger charge is 2.09. The van der Waals surface area contributed by atoms with Crippen molar-refractivity contribution in [1.29, 1.82) is 0 Å². The number of pyridine rings is 1. The third kappa shape index (κ3) is 3.23. The minimum Gasteiger partial charge on any atom is -0.478 e. The number of nitrogens with zero attached hydrogens (tertiary/aromatic N) is 1. The molecule has 98 valence electrons. The number of rotatable bonds is 4. The van der Waals surface area contributed by atoms with E-state index < -0.39 is 5.97 Å². The Kier molecular flexibility index (Phi) is 4.01. The quantitative estimate of drug-likeness (QED) is 0.903. The third-order valence-electron chi connectivity index (χ3n) is 2.45. The molecule has 1 heterocycles. The first kappa shape index (κ1) is 13.4. The van der Waals surface area contributed by atoms with Gasteiger partial charge in [-0.25, -0.2) is 9.78 Å². The van der Waals surface area contributed by atoms with Crippen molar-refractivity contribution in [3.05, 3.63) is 52.1 Å². The van der Waals surface area contributed by atoms with Crippen LogP contribution in [0.2, 0.25) is 0 Å². The van der Waals surface area contributed by atoms with Crippen LogP contribution in [0.1, 0.15) is 15.9 Å². The average molecular weight is 323 g/mol. The zero-order chi connectivity index (χ0) is 13.8. The van der Waals surface area contributed by atoms with Crippen molar-refractivity contribution in [1.82, 2.24) is 4.98 Å². The lowest BCUT2D eigenvalue weighted by Crippen LogP contribution is -2.04. The number of carboxylic acids is 1. The number of hydrogen-bond donors (Lipinski definition) is 2. The van der Waals surface area contributed by atoms with Gasteiger partial charge >= 0.3 is 5.97 Å². The van der Waals surface area contributed by atoms with Crippen molar-refractivity contribution < 1.29 is 14.6 Å². The zero-order valence-electron chi connectivity index (χ0n) is 9.84. The standard InChI is InChI=1S/C13H11BrN2O3/c14-10-4-2-1-3-8(10)7-19-12-11(15)5-9(6-16-12)13(17)18/h1-6H,7,15H2,(H,17,18). The molecule has 0 spiro atoms. The number of carbonyl (C=O) groups is 1. The van der Waals surface area contributed by atoms with Crippen LogP contribution in [0.15, 0.2) is 41.0 Å². The maximum absolute atomic E-state index is 10.7. The number of carboxylic acid groups (broad SMARTS) is 1. The van der Waals surface area contributed by atoms with Crippen LogP contribution < -0.4 is 10.5 Å². The third-order valence-corrected chi connectivity index (χ3v) is 3.22. The van der Waals surface area contributed by atoms with Crippen molar-refractivity contribution in [2.45, 2.75) is 6.61 Å². The van der Waals surface area contributed by atoms with E-state index in [4.69, 9.17) is 15.6 Å². The van der Waals surface area contributed by atoms with E-state index in [2.05, 4.69) is 20.9 Å². The first-order chi connectivity index (χ1) is 9.08. The molecule has 0 saturated carbocycles. The van der Waals surface area contributed by atoms with Crippen LogP contribution in [0, 0.1) is 0 Å². The predicted molar refractivity (Wildman–Crippen MR) is 74.1 cm³/mol. The summed E-state index contributed by atoms with van der Waals surface area (Å²) in [5.41, 5.74) is 6.88. The molecule has 0 unspecified atom stereocenters. The number of aromatic nitrogens is 1. The number of halogens is 1. The smallest absolute Gasteiger partial charge is 0.337 e. The maximum atomic E-state index is 10.7. The van der Waals surface area contributed by atoms with Crippen molar-refractivity contribution >= 4 is 27.6 Å². The Hall–Kier alpha value is -2.08. The van der Waals surface area contributed by atoms with E-state index in [0.717, 1.165) is 10.0 Å². The lowest BCUT2D eigenvalue weighted by atomic mass is 10.2. The van der Waals surface area contributed by atoms with E-state index in [1.807, 2.05) is 24.3 Å². The van der Waals surface area contributed by atoms with E-state index >= 15 is 0 Å². The van der Waals surface area contributed by atoms with Gasteiger partial charge in [-0.3, -0.25) is 0 Å². The minimum atomic E-state index is -1.07. The van der Waals surface area contributed by atoms with Gasteiger partial charge in [-0.1, -0.05) is 34.1 Å². The molecule has 1 aromatic heterocycles. The normalized spacial score (nSPS) is 10.2. The van der Waals surface area contributed by atoms with E-state index in [1.165, 1.54) is 12.3 Å². The zero-order valence-corrected chi connectivity index (χ0v) is 11.4. The van der Waals surface area contributed by atoms with Crippen LogP contribution >= 0.6 is 15.9 Å². The van der Waals surface area contributed by atoms with Crippen LogP contribution in [0.4, 0.5) is 5.69 Å². The molecule has 0 saturated heterocycles. The fraction of sp³-hybridized carbons (Fsp3) is 0.0769. The Balaban J connectivity index is 2.12. The highest BCUT2D eigenvalue weighted by atomic mass is 79.9. The molecule has 5 nitrogen and oxygen atoms in total. The second kappa shape index (κ2) is 5.71. The molecule has 0 bridgehead atoms. The molecular weight excluding hydrogens is 312 g/mol. The lowest BCUT2D eigenvalue weighted by molar-refractivity contribution is 0.0696. The molecule has 0 atom stereocenters. The molecule has 6 heteroatoms. The van der Waals surface area contributed by atoms with Gasteiger partial charge in [0.1, 0.15) is 6.61 Å². The Morgan fingerprint density at radius 2 is 2.16 bits per heavy atom. The van der Waals surface area contributed by atoms with Crippen LogP contribution in [0.3, 0.4) is 0 Å². The van der Waals surface area contributed by atoms with Crippen LogP contribution in [0.25, 0.3) is 0 Å². The molecule has 2 aromatic rings. The van der Waals surface area contributed by atoms with Crippen LogP contribution in [-0.2, 0) is 6.61 Å². The number of nitrogens with two attached hydrogens (primary N) is 1. The van der Waals surface area contributed by atoms with Gasteiger partial charge in [0.25, 0.3) is 0 Å². The van der Waals surface area contributed by atoms with Crippen molar-refractivity contribution in [2.75, 3.05) is 5.73 Å². The van der Waals surface area contributed by atoms with Gasteiger partial charge in [-0.05, 0) is 12.1 Å². The summed E-state index contributed by atoms with van der Waals surface area (Å²) in [7, 11) is 0. The van der Waals surface area contributed by atoms with E-state index in [1.54, 1.807) is 0 Å². The van der Waals surface area contributed by atoms with Gasteiger partial charge in [0.05, 0.1) is 11.3 Å². The highest BCUT2D eigenvalue weighted by Crippen LogP contribution is 2.22. The van der Waals surface area contributed by atoms with Gasteiger partial charge in [0.2, 0.25) is 5.88 Å². The van der Waals surface area contributed by atoms with Crippen molar-refractivity contribution in [3.8, 4) is 5.88 Å². The summed E-state index contributed by atoms with van der Waals surface area (Å²) in [6, 6.07) is 8.94. The summed E-state index contributed by atoms with van der Waals surface area (Å²) in [5, 5.41) is 8.80. The number of hydrogen-bond acceptors (Lipinski definition) is 4. The Labute approximate surface area is 118 Å². The van der Waals surface area contributed by atoms with Crippen LogP contribution in [0.5, 0.6) is 5.88 Å². The largest absolute Gasteiger partial charge is 0.478 e. The highest BCUT2D eigenvalue weighted by molar-refractivity contribution is 9.10. The first-order valence-corrected chi connectivity index (χ1v) is 6.22. The number of aromatic carboxylic acids is 1. The molecule has 0 amide bonds. The molecule has 0 aliphatic heterocycles. The molecular formula is C13H11BrN2O3. The van der Waals surface area contributed by atoms with E-state index in [-0.39, 0.29) is 17.1 Å². The molecule has 3 N–H and O–H groups in total. The summed E-state index contributed by atoms with van der Waals surface area (Å²) in [6.07, 6.45) is 1.22. The summed E-state index contributed by atoms with van der Waals surface area (Å²) in [6.45, 7) is 0.297. The Bertz CT molecular complexity index is 617. The van der Waals surface area contributed by atoms with Crippen molar-refractivity contribution in [2.24, 2.45) is 0 Å². The van der Waals surface area contributed by atoms with E-state index in [9.17, 15) is 4.79 Å². The Morgan fingerprint density at radius 1 is 1.42 bits per heavy atom. The Morgan fingerprint density at radius 3 is 2.79 bits per heavy atom. The fourth-order valence-corrected chi connectivity index (χ4v) is 1.87. The predicted octanol–water partition coefficient (Wildman–Crippen LogP) is 2.70. The maximum Gasteiger partial charge on any atom is 0.337 e. The summed E-state index contributed by atoms with van der Waals surface area (Å²) in [5.74, 6) is -0.850. The van der Waals surface area contributed by atoms with Crippen molar-refractivity contribution in [3.63, 3.8) is 0 Å². The molecule has 0 aliphatic carbocycles. The van der Waals surface area contributed by atoms with Gasteiger partial charge in [0.15, 0.2) is 0 Å². The summed E-state index contributed by atoms with van der Waals surface area (Å²) < 4.78 is 6.41. The second-order valence-electron chi connectivity index (χ2n) is 3.80. The molecule has 2 rings (SSSR count). The molecule has 19 heavy (non-hydrogen) atoms. The minimum absolute atomic E-state index is 0.0331. The van der Waals surface area contributed by atoms with Gasteiger partial charge in [-0.2, -0.15) is 0 Å². The molecule has 0 fully saturated rings. The monoisotopic (exact) mass is 322 g/mol. The second-order valence-corrected chi connectivity index (χ2v) is 4.66. The number of nitrogen functional groups attached to an aromatic ring is 1. The number of ether oxygens (including phenoxy) is 1. The summed E-state index contributed by atoms with van der Waals surface area (Å²) in [4.78, 5) is 14.6. The van der Waals surface area contributed by atoms with Gasteiger partial charge < -0.3 is 15.6 Å². The first-order valence-electron chi connectivity index (χ1n) is 5.43. The van der Waals surface area contributed by atoms with E-state index in [0.29, 0.717) is 6.61 Å².